The second-order valence-electron chi connectivity index (χ2n) is 5.64. The zero-order chi connectivity index (χ0) is 14.8. The molecular weight excluding hydrogens is 266 g/mol. The second-order valence-corrected chi connectivity index (χ2v) is 5.64. The topological polar surface area (TPSA) is 70.6 Å². The molecule has 0 aliphatic carbocycles. The van der Waals surface area contributed by atoms with Crippen LogP contribution in [0.25, 0.3) is 0 Å². The van der Waals surface area contributed by atoms with Crippen LogP contribution in [-0.4, -0.2) is 30.7 Å². The van der Waals surface area contributed by atoms with Crippen molar-refractivity contribution in [2.24, 2.45) is 10.9 Å². The maximum Gasteiger partial charge on any atom is 0.264 e. The molecule has 2 aliphatic heterocycles. The van der Waals surface area contributed by atoms with Gasteiger partial charge in [-0.2, -0.15) is 4.99 Å². The molecular formula is C16H19N3O2. The quantitative estimate of drug-likeness (QED) is 0.800. The summed E-state index contributed by atoms with van der Waals surface area (Å²) in [6.07, 6.45) is 1.81. The summed E-state index contributed by atoms with van der Waals surface area (Å²) in [7, 11) is 0. The molecule has 2 heterocycles. The van der Waals surface area contributed by atoms with Crippen molar-refractivity contribution in [1.29, 1.82) is 0 Å². The monoisotopic (exact) mass is 285 g/mol. The zero-order valence-electron chi connectivity index (χ0n) is 12.1. The summed E-state index contributed by atoms with van der Waals surface area (Å²) in [5.74, 6) is -0.676. The van der Waals surface area contributed by atoms with E-state index in [9.17, 15) is 9.59 Å². The van der Waals surface area contributed by atoms with E-state index in [1.807, 2.05) is 31.2 Å². The van der Waals surface area contributed by atoms with E-state index in [0.717, 1.165) is 37.1 Å². The number of aryl methyl sites for hydroxylation is 1. The van der Waals surface area contributed by atoms with Crippen molar-refractivity contribution in [3.63, 3.8) is 0 Å². The number of aliphatic imine (C=N–C) groups is 1. The molecule has 5 heteroatoms. The van der Waals surface area contributed by atoms with E-state index in [4.69, 9.17) is 0 Å². The van der Waals surface area contributed by atoms with E-state index in [2.05, 4.69) is 15.6 Å². The first kappa shape index (κ1) is 13.9. The number of rotatable bonds is 2. The van der Waals surface area contributed by atoms with Crippen LogP contribution in [0.15, 0.2) is 29.3 Å². The van der Waals surface area contributed by atoms with Gasteiger partial charge in [0.05, 0.1) is 0 Å². The van der Waals surface area contributed by atoms with Crippen LogP contribution in [0, 0.1) is 12.8 Å². The highest BCUT2D eigenvalue weighted by Crippen LogP contribution is 2.25. The molecule has 5 nitrogen and oxygen atoms in total. The van der Waals surface area contributed by atoms with Gasteiger partial charge in [0, 0.05) is 5.92 Å². The molecule has 2 amide bonds. The van der Waals surface area contributed by atoms with Gasteiger partial charge in [0.2, 0.25) is 5.91 Å². The first-order valence-corrected chi connectivity index (χ1v) is 7.36. The molecule has 0 saturated carbocycles. The standard InChI is InChI=1S/C16H19N3O2/c1-10-4-2-3-5-12(10)13-15(20)18-14(19-16(13)21)11-6-8-17-9-7-11/h2-5,11,13,17H,6-9H2,1H3,(H,18,19,20,21). The Balaban J connectivity index is 1.87. The lowest BCUT2D eigenvalue weighted by atomic mass is 9.90. The summed E-state index contributed by atoms with van der Waals surface area (Å²) in [6, 6.07) is 7.47. The normalized spacial score (nSPS) is 23.7. The predicted molar refractivity (Wildman–Crippen MR) is 80.1 cm³/mol. The average molecular weight is 285 g/mol. The molecule has 1 aromatic rings. The van der Waals surface area contributed by atoms with Crippen LogP contribution >= 0.6 is 0 Å². The van der Waals surface area contributed by atoms with Crippen LogP contribution in [0.4, 0.5) is 0 Å². The van der Waals surface area contributed by atoms with Crippen molar-refractivity contribution in [3.05, 3.63) is 35.4 Å². The summed E-state index contributed by atoms with van der Waals surface area (Å²) in [5.41, 5.74) is 1.68. The number of carbonyl (C=O) groups excluding carboxylic acids is 2. The summed E-state index contributed by atoms with van der Waals surface area (Å²) < 4.78 is 0. The number of hydrogen-bond donors (Lipinski definition) is 2. The third-order valence-electron chi connectivity index (χ3n) is 4.22. The Morgan fingerprint density at radius 1 is 1.14 bits per heavy atom. The van der Waals surface area contributed by atoms with E-state index in [1.54, 1.807) is 0 Å². The molecule has 2 N–H and O–H groups in total. The van der Waals surface area contributed by atoms with Crippen molar-refractivity contribution in [2.45, 2.75) is 25.7 Å². The van der Waals surface area contributed by atoms with Crippen molar-refractivity contribution in [3.8, 4) is 0 Å². The van der Waals surface area contributed by atoms with Crippen LogP contribution < -0.4 is 10.6 Å². The minimum absolute atomic E-state index is 0.178. The zero-order valence-corrected chi connectivity index (χ0v) is 12.1. The van der Waals surface area contributed by atoms with Gasteiger partial charge in [0.1, 0.15) is 11.8 Å². The molecule has 0 aromatic heterocycles. The summed E-state index contributed by atoms with van der Waals surface area (Å²) in [5, 5.41) is 6.12. The van der Waals surface area contributed by atoms with Gasteiger partial charge in [-0.1, -0.05) is 24.3 Å². The average Bonchev–Trinajstić information content (AvgIpc) is 2.49. The number of hydrogen-bond acceptors (Lipinski definition) is 3. The van der Waals surface area contributed by atoms with Crippen LogP contribution in [0.2, 0.25) is 0 Å². The van der Waals surface area contributed by atoms with Crippen LogP contribution in [0.1, 0.15) is 29.9 Å². The number of nitrogens with one attached hydrogen (secondary N) is 2. The molecule has 2 aliphatic rings. The Labute approximate surface area is 123 Å². The fourth-order valence-electron chi connectivity index (χ4n) is 3.00. The minimum Gasteiger partial charge on any atom is -0.317 e. The number of amides is 2. The SMILES string of the molecule is Cc1ccccc1C1C(=O)N=C(C2CCNCC2)NC1=O. The van der Waals surface area contributed by atoms with Gasteiger partial charge in [-0.25, -0.2) is 0 Å². The van der Waals surface area contributed by atoms with Crippen molar-refractivity contribution in [1.82, 2.24) is 10.6 Å². The second kappa shape index (κ2) is 5.77. The molecule has 21 heavy (non-hydrogen) atoms. The van der Waals surface area contributed by atoms with Gasteiger partial charge in [0.15, 0.2) is 0 Å². The smallest absolute Gasteiger partial charge is 0.264 e. The third-order valence-corrected chi connectivity index (χ3v) is 4.22. The van der Waals surface area contributed by atoms with Crippen LogP contribution in [0.3, 0.4) is 0 Å². The molecule has 0 radical (unpaired) electrons. The molecule has 110 valence electrons. The number of carbonyl (C=O) groups is 2. The Morgan fingerprint density at radius 3 is 2.52 bits per heavy atom. The maximum atomic E-state index is 12.4. The lowest BCUT2D eigenvalue weighted by molar-refractivity contribution is -0.130. The number of amidine groups is 1. The highest BCUT2D eigenvalue weighted by Gasteiger charge is 2.36. The van der Waals surface area contributed by atoms with E-state index in [0.29, 0.717) is 5.84 Å². The predicted octanol–water partition coefficient (Wildman–Crippen LogP) is 1.13. The van der Waals surface area contributed by atoms with E-state index in [1.165, 1.54) is 0 Å². The van der Waals surface area contributed by atoms with Gasteiger partial charge < -0.3 is 10.6 Å². The largest absolute Gasteiger partial charge is 0.317 e. The van der Waals surface area contributed by atoms with Gasteiger partial charge in [-0.05, 0) is 44.0 Å². The molecule has 0 bridgehead atoms. The van der Waals surface area contributed by atoms with Crippen molar-refractivity contribution < 1.29 is 9.59 Å². The van der Waals surface area contributed by atoms with E-state index in [-0.39, 0.29) is 17.7 Å². The molecule has 1 saturated heterocycles. The Kier molecular flexibility index (Phi) is 3.84. The lowest BCUT2D eigenvalue weighted by Crippen LogP contribution is -2.47. The molecule has 3 rings (SSSR count). The summed E-state index contributed by atoms with van der Waals surface area (Å²) in [6.45, 7) is 3.70. The van der Waals surface area contributed by atoms with Crippen LogP contribution in [-0.2, 0) is 9.59 Å². The molecule has 1 fully saturated rings. The van der Waals surface area contributed by atoms with E-state index < -0.39 is 5.92 Å². The van der Waals surface area contributed by atoms with Crippen molar-refractivity contribution >= 4 is 17.6 Å². The molecule has 0 spiro atoms. The summed E-state index contributed by atoms with van der Waals surface area (Å²) in [4.78, 5) is 28.9. The Bertz CT molecular complexity index is 603. The van der Waals surface area contributed by atoms with Crippen molar-refractivity contribution in [2.75, 3.05) is 13.1 Å². The number of piperidine rings is 1. The van der Waals surface area contributed by atoms with Gasteiger partial charge in [0.25, 0.3) is 5.91 Å². The highest BCUT2D eigenvalue weighted by molar-refractivity contribution is 6.19. The minimum atomic E-state index is -0.809. The molecule has 1 atom stereocenters. The Hall–Kier alpha value is -2.01. The third kappa shape index (κ3) is 2.74. The first-order chi connectivity index (χ1) is 10.2. The molecule has 1 unspecified atom stereocenters. The fraction of sp³-hybridized carbons (Fsp3) is 0.438. The maximum absolute atomic E-state index is 12.4. The van der Waals surface area contributed by atoms with Gasteiger partial charge in [-0.3, -0.25) is 9.59 Å². The number of nitrogens with zero attached hydrogens (tertiary/aromatic N) is 1. The van der Waals surface area contributed by atoms with Gasteiger partial charge in [-0.15, -0.1) is 0 Å². The van der Waals surface area contributed by atoms with Gasteiger partial charge >= 0.3 is 0 Å². The first-order valence-electron chi connectivity index (χ1n) is 7.36. The molecule has 1 aromatic carbocycles. The summed E-state index contributed by atoms with van der Waals surface area (Å²) >= 11 is 0. The highest BCUT2D eigenvalue weighted by atomic mass is 16.2. The fourth-order valence-corrected chi connectivity index (χ4v) is 3.00. The lowest BCUT2D eigenvalue weighted by Gasteiger charge is -2.28. The van der Waals surface area contributed by atoms with Crippen LogP contribution in [0.5, 0.6) is 0 Å². The number of benzene rings is 1. The van der Waals surface area contributed by atoms with E-state index >= 15 is 0 Å². The Morgan fingerprint density at radius 2 is 1.86 bits per heavy atom.